The highest BCUT2D eigenvalue weighted by atomic mass is 16.5. The number of benzene rings is 3. The minimum Gasteiger partial charge on any atom is -0.388 e. The summed E-state index contributed by atoms with van der Waals surface area (Å²) < 4.78 is 0. The van der Waals surface area contributed by atoms with Crippen LogP contribution in [0.2, 0.25) is 0 Å². The van der Waals surface area contributed by atoms with Crippen molar-refractivity contribution in [1.29, 1.82) is 0 Å². The Kier molecular flexibility index (Phi) is 6.44. The van der Waals surface area contributed by atoms with Gasteiger partial charge in [-0.05, 0) is 39.6 Å². The van der Waals surface area contributed by atoms with Crippen LogP contribution in [-0.2, 0) is 9.59 Å². The number of fused-ring (bicyclic) bond motifs is 1. The first-order chi connectivity index (χ1) is 16.0. The minimum atomic E-state index is -0.859. The normalized spacial score (nSPS) is 14.7. The van der Waals surface area contributed by atoms with E-state index in [1.807, 2.05) is 42.5 Å². The Hall–Kier alpha value is -4.07. The van der Waals surface area contributed by atoms with Gasteiger partial charge in [0, 0.05) is 24.1 Å². The van der Waals surface area contributed by atoms with Crippen LogP contribution in [0.4, 0.5) is 0 Å². The van der Waals surface area contributed by atoms with Crippen molar-refractivity contribution in [2.75, 3.05) is 6.54 Å². The van der Waals surface area contributed by atoms with Gasteiger partial charge in [-0.15, -0.1) is 0 Å². The van der Waals surface area contributed by atoms with Crippen LogP contribution in [0, 0.1) is 0 Å². The maximum atomic E-state index is 12.1. The van der Waals surface area contributed by atoms with Gasteiger partial charge in [-0.1, -0.05) is 60.7 Å². The topological polar surface area (TPSA) is 107 Å². The first-order valence-corrected chi connectivity index (χ1v) is 10.4. The molecule has 0 fully saturated rings. The lowest BCUT2D eigenvalue weighted by atomic mass is 9.95. The highest BCUT2D eigenvalue weighted by Gasteiger charge is 2.25. The summed E-state index contributed by atoms with van der Waals surface area (Å²) >= 11 is 0. The van der Waals surface area contributed by atoms with Crippen LogP contribution in [0.1, 0.15) is 34.0 Å². The highest BCUT2D eigenvalue weighted by molar-refractivity contribution is 6.13. The summed E-state index contributed by atoms with van der Waals surface area (Å²) in [7, 11) is 0. The Labute approximate surface area is 190 Å². The van der Waals surface area contributed by atoms with Crippen molar-refractivity contribution in [2.24, 2.45) is 0 Å². The Balaban J connectivity index is 1.65. The molecule has 1 atom stereocenters. The molecule has 0 radical (unpaired) electrons. The number of aliphatic hydroxyl groups is 1. The third kappa shape index (κ3) is 4.90. The van der Waals surface area contributed by atoms with E-state index in [1.54, 1.807) is 35.8 Å². The van der Waals surface area contributed by atoms with Gasteiger partial charge in [0.15, 0.2) is 0 Å². The summed E-state index contributed by atoms with van der Waals surface area (Å²) in [6.07, 6.45) is 3.58. The Morgan fingerprint density at radius 1 is 0.939 bits per heavy atom. The Morgan fingerprint density at radius 3 is 2.30 bits per heavy atom. The van der Waals surface area contributed by atoms with Gasteiger partial charge in [-0.25, -0.2) is 5.48 Å². The third-order valence-corrected chi connectivity index (χ3v) is 5.54. The second-order valence-corrected chi connectivity index (χ2v) is 7.75. The highest BCUT2D eigenvalue weighted by Crippen LogP contribution is 2.29. The summed E-state index contributed by atoms with van der Waals surface area (Å²) in [5.41, 5.74) is 4.00. The van der Waals surface area contributed by atoms with Crippen LogP contribution in [-0.4, -0.2) is 39.5 Å². The average Bonchev–Trinajstić information content (AvgIpc) is 3.15. The van der Waals surface area contributed by atoms with Gasteiger partial charge >= 0.3 is 0 Å². The van der Waals surface area contributed by atoms with Crippen LogP contribution < -0.4 is 5.48 Å². The molecule has 3 aromatic carbocycles. The molecule has 4 rings (SSSR count). The number of hydroxylamine groups is 1. The molecule has 1 unspecified atom stereocenters. The van der Waals surface area contributed by atoms with Crippen molar-refractivity contribution >= 4 is 34.6 Å². The maximum absolute atomic E-state index is 12.1. The molecule has 0 saturated carbocycles. The van der Waals surface area contributed by atoms with Gasteiger partial charge in [0.25, 0.3) is 17.7 Å². The zero-order chi connectivity index (χ0) is 23.4. The lowest BCUT2D eigenvalue weighted by Crippen LogP contribution is -2.32. The SMILES string of the molecule is O=C(NO)c1ccc(C=C(CC(O)c2cccc3ccccc23)CN2C(=O)C=CC2=O)cc1. The summed E-state index contributed by atoms with van der Waals surface area (Å²) in [4.78, 5) is 36.9. The number of carbonyl (C=O) groups is 3. The van der Waals surface area contributed by atoms with Crippen molar-refractivity contribution in [3.05, 3.63) is 101 Å². The lowest BCUT2D eigenvalue weighted by molar-refractivity contribution is -0.136. The van der Waals surface area contributed by atoms with E-state index in [9.17, 15) is 19.5 Å². The van der Waals surface area contributed by atoms with E-state index in [0.29, 0.717) is 5.57 Å². The molecule has 3 N–H and O–H groups in total. The van der Waals surface area contributed by atoms with Crippen molar-refractivity contribution in [2.45, 2.75) is 12.5 Å². The number of nitrogens with zero attached hydrogens (tertiary/aromatic N) is 1. The smallest absolute Gasteiger partial charge is 0.274 e. The van der Waals surface area contributed by atoms with E-state index in [4.69, 9.17) is 5.21 Å². The van der Waals surface area contributed by atoms with E-state index in [2.05, 4.69) is 0 Å². The molecular formula is C26H22N2O5. The Morgan fingerprint density at radius 2 is 1.61 bits per heavy atom. The number of imide groups is 1. The van der Waals surface area contributed by atoms with E-state index < -0.39 is 23.8 Å². The number of carbonyl (C=O) groups excluding carboxylic acids is 3. The quantitative estimate of drug-likeness (QED) is 0.295. The molecule has 166 valence electrons. The van der Waals surface area contributed by atoms with E-state index in [1.165, 1.54) is 12.2 Å². The molecule has 7 nitrogen and oxygen atoms in total. The number of aliphatic hydroxyl groups excluding tert-OH is 1. The average molecular weight is 442 g/mol. The third-order valence-electron chi connectivity index (χ3n) is 5.54. The van der Waals surface area contributed by atoms with Gasteiger partial charge in [-0.2, -0.15) is 0 Å². The minimum absolute atomic E-state index is 0.0331. The lowest BCUT2D eigenvalue weighted by Gasteiger charge is -2.20. The van der Waals surface area contributed by atoms with Crippen molar-refractivity contribution in [3.8, 4) is 0 Å². The molecule has 1 aliphatic rings. The second-order valence-electron chi connectivity index (χ2n) is 7.75. The van der Waals surface area contributed by atoms with E-state index >= 15 is 0 Å². The monoisotopic (exact) mass is 442 g/mol. The maximum Gasteiger partial charge on any atom is 0.274 e. The molecule has 3 amide bonds. The van der Waals surface area contributed by atoms with Crippen LogP contribution >= 0.6 is 0 Å². The summed E-state index contributed by atoms with van der Waals surface area (Å²) in [6.45, 7) is 0.0331. The standard InChI is InChI=1S/C26H22N2O5/c29-23(22-7-3-5-19-4-1-2-6-21(19)22)15-18(16-28-24(30)12-13-25(28)31)14-17-8-10-20(11-9-17)26(32)27-33/h1-14,23,29,33H,15-16H2,(H,27,32). The second kappa shape index (κ2) is 9.60. The van der Waals surface area contributed by atoms with Gasteiger partial charge in [0.05, 0.1) is 12.6 Å². The molecule has 7 heteroatoms. The van der Waals surface area contributed by atoms with Crippen molar-refractivity contribution in [3.63, 3.8) is 0 Å². The number of amides is 3. The van der Waals surface area contributed by atoms with Crippen LogP contribution in [0.5, 0.6) is 0 Å². The molecule has 1 aliphatic heterocycles. The Bertz CT molecular complexity index is 1250. The fraction of sp³-hybridized carbons (Fsp3) is 0.115. The molecule has 33 heavy (non-hydrogen) atoms. The van der Waals surface area contributed by atoms with Crippen molar-refractivity contribution < 1.29 is 24.7 Å². The molecule has 0 aliphatic carbocycles. The van der Waals surface area contributed by atoms with Gasteiger partial charge < -0.3 is 5.11 Å². The molecule has 0 spiro atoms. The number of hydrogen-bond donors (Lipinski definition) is 3. The zero-order valence-electron chi connectivity index (χ0n) is 17.6. The predicted molar refractivity (Wildman–Crippen MR) is 123 cm³/mol. The van der Waals surface area contributed by atoms with Crippen LogP contribution in [0.3, 0.4) is 0 Å². The van der Waals surface area contributed by atoms with Gasteiger partial charge in [0.2, 0.25) is 0 Å². The molecular weight excluding hydrogens is 420 g/mol. The van der Waals surface area contributed by atoms with E-state index in [-0.39, 0.29) is 18.5 Å². The molecule has 0 aromatic heterocycles. The van der Waals surface area contributed by atoms with Gasteiger partial charge in [-0.3, -0.25) is 24.5 Å². The molecule has 0 saturated heterocycles. The fourth-order valence-corrected chi connectivity index (χ4v) is 3.89. The van der Waals surface area contributed by atoms with Crippen LogP contribution in [0.25, 0.3) is 16.8 Å². The number of rotatable bonds is 7. The number of nitrogens with one attached hydrogen (secondary N) is 1. The molecule has 3 aromatic rings. The largest absolute Gasteiger partial charge is 0.388 e. The van der Waals surface area contributed by atoms with Crippen molar-refractivity contribution in [1.82, 2.24) is 10.4 Å². The molecule has 0 bridgehead atoms. The fourth-order valence-electron chi connectivity index (χ4n) is 3.89. The zero-order valence-corrected chi connectivity index (χ0v) is 17.6. The summed E-state index contributed by atoms with van der Waals surface area (Å²) in [5, 5.41) is 21.8. The van der Waals surface area contributed by atoms with E-state index in [0.717, 1.165) is 26.8 Å². The summed E-state index contributed by atoms with van der Waals surface area (Å²) in [6, 6.07) is 19.9. The first kappa shape index (κ1) is 22.1. The number of hydrogen-bond acceptors (Lipinski definition) is 5. The van der Waals surface area contributed by atoms with Crippen LogP contribution in [0.15, 0.2) is 84.5 Å². The predicted octanol–water partition coefficient (Wildman–Crippen LogP) is 3.39. The molecule has 1 heterocycles. The first-order valence-electron chi connectivity index (χ1n) is 10.4. The summed E-state index contributed by atoms with van der Waals surface area (Å²) in [5.74, 6) is -1.43. The van der Waals surface area contributed by atoms with Gasteiger partial charge in [0.1, 0.15) is 0 Å².